The zero-order valence-corrected chi connectivity index (χ0v) is 14.8. The number of likely N-dealkylation sites (tertiary alicyclic amines) is 1. The Kier molecular flexibility index (Phi) is 4.52. The van der Waals surface area contributed by atoms with Gasteiger partial charge in [-0.25, -0.2) is 4.98 Å². The van der Waals surface area contributed by atoms with Crippen LogP contribution in [0.2, 0.25) is 0 Å². The second kappa shape index (κ2) is 7.12. The van der Waals surface area contributed by atoms with Crippen molar-refractivity contribution < 1.29 is 9.53 Å². The van der Waals surface area contributed by atoms with Crippen molar-refractivity contribution in [2.45, 2.75) is 25.9 Å². The van der Waals surface area contributed by atoms with E-state index in [0.717, 1.165) is 34.9 Å². The average molecular weight is 347 g/mol. The van der Waals surface area contributed by atoms with E-state index in [0.29, 0.717) is 19.0 Å². The van der Waals surface area contributed by atoms with E-state index < -0.39 is 0 Å². The molecule has 0 radical (unpaired) electrons. The Morgan fingerprint density at radius 1 is 1.08 bits per heavy atom. The van der Waals surface area contributed by atoms with Crippen molar-refractivity contribution in [2.75, 3.05) is 13.1 Å². The largest absolute Gasteiger partial charge is 0.474 e. The summed E-state index contributed by atoms with van der Waals surface area (Å²) in [5.41, 5.74) is 2.68. The highest BCUT2D eigenvalue weighted by Gasteiger charge is 2.25. The molecule has 0 atom stereocenters. The summed E-state index contributed by atoms with van der Waals surface area (Å²) in [7, 11) is 0. The number of carbonyl (C=O) groups is 1. The van der Waals surface area contributed by atoms with E-state index in [1.807, 2.05) is 60.5 Å². The summed E-state index contributed by atoms with van der Waals surface area (Å²) in [6.07, 6.45) is 5.28. The monoisotopic (exact) mass is 347 g/mol. The van der Waals surface area contributed by atoms with Crippen molar-refractivity contribution in [2.24, 2.45) is 0 Å². The topological polar surface area (TPSA) is 55.3 Å². The Morgan fingerprint density at radius 3 is 2.69 bits per heavy atom. The summed E-state index contributed by atoms with van der Waals surface area (Å²) in [5.74, 6) is 0.719. The molecule has 132 valence electrons. The fourth-order valence-electron chi connectivity index (χ4n) is 3.33. The normalized spacial score (nSPS) is 15.2. The van der Waals surface area contributed by atoms with Crippen LogP contribution in [0.25, 0.3) is 10.9 Å². The summed E-state index contributed by atoms with van der Waals surface area (Å²) in [4.78, 5) is 23.5. The van der Waals surface area contributed by atoms with Crippen LogP contribution < -0.4 is 4.74 Å². The first-order valence-electron chi connectivity index (χ1n) is 8.93. The van der Waals surface area contributed by atoms with Gasteiger partial charge in [0.1, 0.15) is 6.10 Å². The summed E-state index contributed by atoms with van der Waals surface area (Å²) in [6, 6.07) is 13.4. The molecule has 0 saturated carbocycles. The van der Waals surface area contributed by atoms with Crippen molar-refractivity contribution in [1.29, 1.82) is 0 Å². The zero-order valence-electron chi connectivity index (χ0n) is 14.8. The van der Waals surface area contributed by atoms with Crippen LogP contribution in [0.4, 0.5) is 0 Å². The second-order valence-electron chi connectivity index (χ2n) is 6.66. The maximum absolute atomic E-state index is 13.0. The third-order valence-corrected chi connectivity index (χ3v) is 4.78. The van der Waals surface area contributed by atoms with E-state index in [1.54, 1.807) is 6.20 Å². The van der Waals surface area contributed by atoms with Crippen LogP contribution in [-0.2, 0) is 0 Å². The lowest BCUT2D eigenvalue weighted by Crippen LogP contribution is -2.41. The first-order chi connectivity index (χ1) is 12.7. The molecule has 3 aromatic rings. The van der Waals surface area contributed by atoms with Crippen molar-refractivity contribution in [3.8, 4) is 5.88 Å². The van der Waals surface area contributed by atoms with Gasteiger partial charge in [0, 0.05) is 55.3 Å². The molecular formula is C21H21N3O2. The highest BCUT2D eigenvalue weighted by atomic mass is 16.5. The van der Waals surface area contributed by atoms with Gasteiger partial charge in [0.05, 0.1) is 5.52 Å². The summed E-state index contributed by atoms with van der Waals surface area (Å²) in [5, 5.41) is 0.905. The molecule has 1 aliphatic heterocycles. The molecule has 0 spiro atoms. The van der Waals surface area contributed by atoms with E-state index in [-0.39, 0.29) is 12.0 Å². The molecular weight excluding hydrogens is 326 g/mol. The fourth-order valence-corrected chi connectivity index (χ4v) is 3.33. The van der Waals surface area contributed by atoms with Crippen LogP contribution >= 0.6 is 0 Å². The zero-order chi connectivity index (χ0) is 17.9. The van der Waals surface area contributed by atoms with Crippen LogP contribution in [0, 0.1) is 6.92 Å². The van der Waals surface area contributed by atoms with Crippen LogP contribution in [0.15, 0.2) is 54.9 Å². The van der Waals surface area contributed by atoms with Crippen LogP contribution in [0.3, 0.4) is 0 Å². The lowest BCUT2D eigenvalue weighted by atomic mass is 10.0. The van der Waals surface area contributed by atoms with Gasteiger partial charge in [-0.15, -0.1) is 0 Å². The molecule has 0 unspecified atom stereocenters. The smallest absolute Gasteiger partial charge is 0.254 e. The van der Waals surface area contributed by atoms with Crippen molar-refractivity contribution in [1.82, 2.24) is 14.9 Å². The number of benzene rings is 1. The molecule has 0 bridgehead atoms. The molecule has 2 aromatic heterocycles. The number of ether oxygens (including phenoxy) is 1. The van der Waals surface area contributed by atoms with Gasteiger partial charge in [-0.2, -0.15) is 0 Å². The molecule has 26 heavy (non-hydrogen) atoms. The molecule has 5 heteroatoms. The minimum absolute atomic E-state index is 0.0653. The average Bonchev–Trinajstić information content (AvgIpc) is 2.69. The van der Waals surface area contributed by atoms with E-state index in [1.165, 1.54) is 0 Å². The molecule has 1 saturated heterocycles. The number of piperidine rings is 1. The van der Waals surface area contributed by atoms with Gasteiger partial charge >= 0.3 is 0 Å². The Hall–Kier alpha value is -2.95. The lowest BCUT2D eigenvalue weighted by molar-refractivity contribution is 0.0589. The molecule has 0 aliphatic carbocycles. The Balaban J connectivity index is 1.42. The number of hydrogen-bond acceptors (Lipinski definition) is 4. The standard InChI is InChI=1S/C21H21N3O2/c1-15-7-8-20(23-14-15)26-16-9-12-24(13-10-16)21(25)18-4-2-6-19-17(18)5-3-11-22-19/h2-8,11,14,16H,9-10,12-13H2,1H3. The van der Waals surface area contributed by atoms with Crippen LogP contribution in [-0.4, -0.2) is 40.0 Å². The summed E-state index contributed by atoms with van der Waals surface area (Å²) >= 11 is 0. The number of rotatable bonds is 3. The minimum Gasteiger partial charge on any atom is -0.474 e. The summed E-state index contributed by atoms with van der Waals surface area (Å²) < 4.78 is 5.96. The quantitative estimate of drug-likeness (QED) is 0.726. The van der Waals surface area contributed by atoms with E-state index >= 15 is 0 Å². The van der Waals surface area contributed by atoms with Gasteiger partial charge in [0.25, 0.3) is 5.91 Å². The van der Waals surface area contributed by atoms with Crippen LogP contribution in [0.5, 0.6) is 5.88 Å². The Labute approximate surface area is 152 Å². The number of amides is 1. The first-order valence-corrected chi connectivity index (χ1v) is 8.93. The highest BCUT2D eigenvalue weighted by Crippen LogP contribution is 2.22. The van der Waals surface area contributed by atoms with Crippen molar-refractivity contribution >= 4 is 16.8 Å². The van der Waals surface area contributed by atoms with Gasteiger partial charge in [0.15, 0.2) is 0 Å². The molecule has 1 aliphatic rings. The number of fused-ring (bicyclic) bond motifs is 1. The predicted molar refractivity (Wildman–Crippen MR) is 100 cm³/mol. The van der Waals surface area contributed by atoms with Gasteiger partial charge in [-0.3, -0.25) is 9.78 Å². The van der Waals surface area contributed by atoms with Gasteiger partial charge in [-0.05, 0) is 30.7 Å². The number of nitrogens with zero attached hydrogens (tertiary/aromatic N) is 3. The summed E-state index contributed by atoms with van der Waals surface area (Å²) in [6.45, 7) is 3.38. The molecule has 4 rings (SSSR count). The van der Waals surface area contributed by atoms with Crippen molar-refractivity contribution in [3.05, 3.63) is 66.0 Å². The number of pyridine rings is 2. The highest BCUT2D eigenvalue weighted by molar-refractivity contribution is 6.06. The van der Waals surface area contributed by atoms with E-state index in [4.69, 9.17) is 4.74 Å². The number of aryl methyl sites for hydroxylation is 1. The molecule has 5 nitrogen and oxygen atoms in total. The third kappa shape index (κ3) is 3.38. The van der Waals surface area contributed by atoms with Gasteiger partial charge < -0.3 is 9.64 Å². The minimum atomic E-state index is 0.0653. The third-order valence-electron chi connectivity index (χ3n) is 4.78. The number of carbonyl (C=O) groups excluding carboxylic acids is 1. The molecule has 0 N–H and O–H groups in total. The SMILES string of the molecule is Cc1ccc(OC2CCN(C(=O)c3cccc4ncccc34)CC2)nc1. The lowest BCUT2D eigenvalue weighted by Gasteiger charge is -2.32. The molecule has 1 aromatic carbocycles. The first kappa shape index (κ1) is 16.5. The predicted octanol–water partition coefficient (Wildman–Crippen LogP) is 3.62. The van der Waals surface area contributed by atoms with Gasteiger partial charge in [-0.1, -0.05) is 18.2 Å². The Bertz CT molecular complexity index is 911. The van der Waals surface area contributed by atoms with Crippen molar-refractivity contribution in [3.63, 3.8) is 0 Å². The number of aromatic nitrogens is 2. The second-order valence-corrected chi connectivity index (χ2v) is 6.66. The number of hydrogen-bond donors (Lipinski definition) is 0. The maximum Gasteiger partial charge on any atom is 0.254 e. The maximum atomic E-state index is 13.0. The molecule has 1 fully saturated rings. The van der Waals surface area contributed by atoms with Gasteiger partial charge in [0.2, 0.25) is 5.88 Å². The van der Waals surface area contributed by atoms with E-state index in [9.17, 15) is 4.79 Å². The van der Waals surface area contributed by atoms with E-state index in [2.05, 4.69) is 9.97 Å². The molecule has 1 amide bonds. The molecule has 3 heterocycles. The fraction of sp³-hybridized carbons (Fsp3) is 0.286. The van der Waals surface area contributed by atoms with Crippen LogP contribution in [0.1, 0.15) is 28.8 Å². The Morgan fingerprint density at radius 2 is 1.92 bits per heavy atom.